The van der Waals surface area contributed by atoms with E-state index in [0.717, 1.165) is 28.7 Å². The number of nitrogens with zero attached hydrogens (tertiary/aromatic N) is 2. The lowest BCUT2D eigenvalue weighted by Gasteiger charge is -2.12. The summed E-state index contributed by atoms with van der Waals surface area (Å²) >= 11 is 0. The number of hydrogen-bond acceptors (Lipinski definition) is 2. The highest BCUT2D eigenvalue weighted by Crippen LogP contribution is 2.21. The van der Waals surface area contributed by atoms with Crippen molar-refractivity contribution in [3.8, 4) is 0 Å². The molecular weight excluding hydrogens is 260 g/mol. The molecule has 0 aliphatic rings. The van der Waals surface area contributed by atoms with Crippen LogP contribution in [0.5, 0.6) is 0 Å². The van der Waals surface area contributed by atoms with Crippen LogP contribution in [0, 0.1) is 5.92 Å². The predicted octanol–water partition coefficient (Wildman–Crippen LogP) is 3.77. The molecule has 2 aromatic heterocycles. The lowest BCUT2D eigenvalue weighted by atomic mass is 10.0. The minimum absolute atomic E-state index is 0.222. The Hall–Kier alpha value is -2.13. The van der Waals surface area contributed by atoms with E-state index < -0.39 is 6.10 Å². The minimum atomic E-state index is -0.407. The molecule has 3 nitrogen and oxygen atoms in total. The Kier molecular flexibility index (Phi) is 3.76. The molecule has 3 aromatic rings. The third-order valence-electron chi connectivity index (χ3n) is 3.75. The standard InChI is InChI=1S/C18H20N2O/c1-13(2)18(21)15-9-10-20(11-15)12-16-8-7-14-5-3-4-6-17(14)19-16/h3-11,13,18,21H,12H2,1-2H3. The van der Waals surface area contributed by atoms with Gasteiger partial charge in [-0.15, -0.1) is 0 Å². The highest BCUT2D eigenvalue weighted by Gasteiger charge is 2.13. The molecule has 0 spiro atoms. The molecule has 3 rings (SSSR count). The number of benzene rings is 1. The van der Waals surface area contributed by atoms with Crippen molar-refractivity contribution < 1.29 is 5.11 Å². The fraction of sp³-hybridized carbons (Fsp3) is 0.278. The van der Waals surface area contributed by atoms with Gasteiger partial charge in [0, 0.05) is 17.8 Å². The lowest BCUT2D eigenvalue weighted by Crippen LogP contribution is -2.04. The third-order valence-corrected chi connectivity index (χ3v) is 3.75. The lowest BCUT2D eigenvalue weighted by molar-refractivity contribution is 0.127. The molecule has 2 heterocycles. The fourth-order valence-electron chi connectivity index (χ4n) is 2.50. The number of aliphatic hydroxyl groups excluding tert-OH is 1. The van der Waals surface area contributed by atoms with E-state index in [1.807, 2.05) is 50.5 Å². The first kappa shape index (κ1) is 13.8. The van der Waals surface area contributed by atoms with Crippen molar-refractivity contribution in [1.29, 1.82) is 0 Å². The summed E-state index contributed by atoms with van der Waals surface area (Å²) in [6, 6.07) is 14.3. The molecule has 1 N–H and O–H groups in total. The van der Waals surface area contributed by atoms with E-state index >= 15 is 0 Å². The summed E-state index contributed by atoms with van der Waals surface area (Å²) in [7, 11) is 0. The highest BCUT2D eigenvalue weighted by atomic mass is 16.3. The maximum absolute atomic E-state index is 10.1. The zero-order valence-corrected chi connectivity index (χ0v) is 12.4. The van der Waals surface area contributed by atoms with Crippen LogP contribution in [0.25, 0.3) is 10.9 Å². The normalized spacial score (nSPS) is 13.0. The number of aliphatic hydroxyl groups is 1. The SMILES string of the molecule is CC(C)C(O)c1ccn(Cc2ccc3ccccc3n2)c1. The molecule has 0 radical (unpaired) electrons. The molecule has 0 aliphatic carbocycles. The first-order valence-corrected chi connectivity index (χ1v) is 7.32. The van der Waals surface area contributed by atoms with Gasteiger partial charge in [-0.1, -0.05) is 38.1 Å². The Labute approximate surface area is 124 Å². The molecule has 1 aromatic carbocycles. The number of pyridine rings is 1. The summed E-state index contributed by atoms with van der Waals surface area (Å²) < 4.78 is 2.07. The van der Waals surface area contributed by atoms with Gasteiger partial charge in [0.1, 0.15) is 0 Å². The first-order chi connectivity index (χ1) is 10.1. The fourth-order valence-corrected chi connectivity index (χ4v) is 2.50. The summed E-state index contributed by atoms with van der Waals surface area (Å²) in [5, 5.41) is 11.2. The topological polar surface area (TPSA) is 38.0 Å². The second-order valence-electron chi connectivity index (χ2n) is 5.80. The van der Waals surface area contributed by atoms with Crippen molar-refractivity contribution in [2.24, 2.45) is 5.92 Å². The second kappa shape index (κ2) is 5.70. The molecular formula is C18H20N2O. The smallest absolute Gasteiger partial charge is 0.0827 e. The number of fused-ring (bicyclic) bond motifs is 1. The number of aromatic nitrogens is 2. The van der Waals surface area contributed by atoms with Crippen LogP contribution in [0.3, 0.4) is 0 Å². The zero-order valence-electron chi connectivity index (χ0n) is 12.4. The van der Waals surface area contributed by atoms with E-state index in [2.05, 4.69) is 27.8 Å². The monoisotopic (exact) mass is 280 g/mol. The minimum Gasteiger partial charge on any atom is -0.388 e. The predicted molar refractivity (Wildman–Crippen MR) is 85.1 cm³/mol. The summed E-state index contributed by atoms with van der Waals surface area (Å²) in [4.78, 5) is 4.68. The van der Waals surface area contributed by atoms with Crippen LogP contribution in [0.2, 0.25) is 0 Å². The molecule has 1 unspecified atom stereocenters. The van der Waals surface area contributed by atoms with Gasteiger partial charge in [0.25, 0.3) is 0 Å². The maximum Gasteiger partial charge on any atom is 0.0827 e. The van der Waals surface area contributed by atoms with Gasteiger partial charge in [0.2, 0.25) is 0 Å². The molecule has 0 fully saturated rings. The van der Waals surface area contributed by atoms with Crippen molar-refractivity contribution in [1.82, 2.24) is 9.55 Å². The molecule has 108 valence electrons. The van der Waals surface area contributed by atoms with Gasteiger partial charge in [-0.25, -0.2) is 0 Å². The van der Waals surface area contributed by atoms with E-state index in [1.165, 1.54) is 0 Å². The Morgan fingerprint density at radius 1 is 1.10 bits per heavy atom. The van der Waals surface area contributed by atoms with Crippen LogP contribution in [-0.4, -0.2) is 14.7 Å². The average molecular weight is 280 g/mol. The Balaban J connectivity index is 1.82. The highest BCUT2D eigenvalue weighted by molar-refractivity contribution is 5.78. The van der Waals surface area contributed by atoms with Gasteiger partial charge in [-0.2, -0.15) is 0 Å². The van der Waals surface area contributed by atoms with Gasteiger partial charge < -0.3 is 9.67 Å². The Morgan fingerprint density at radius 2 is 1.90 bits per heavy atom. The Morgan fingerprint density at radius 3 is 2.71 bits per heavy atom. The van der Waals surface area contributed by atoms with Crippen molar-refractivity contribution in [2.45, 2.75) is 26.5 Å². The van der Waals surface area contributed by atoms with Gasteiger partial charge in [0.05, 0.1) is 23.9 Å². The van der Waals surface area contributed by atoms with Gasteiger partial charge >= 0.3 is 0 Å². The van der Waals surface area contributed by atoms with Crippen LogP contribution in [0.1, 0.15) is 31.2 Å². The largest absolute Gasteiger partial charge is 0.388 e. The summed E-state index contributed by atoms with van der Waals surface area (Å²) in [5.74, 6) is 0.222. The van der Waals surface area contributed by atoms with Crippen LogP contribution >= 0.6 is 0 Å². The molecule has 0 bridgehead atoms. The van der Waals surface area contributed by atoms with Crippen LogP contribution in [0.15, 0.2) is 54.9 Å². The van der Waals surface area contributed by atoms with Crippen molar-refractivity contribution in [2.75, 3.05) is 0 Å². The zero-order chi connectivity index (χ0) is 14.8. The molecule has 3 heteroatoms. The van der Waals surface area contributed by atoms with Gasteiger partial charge in [0.15, 0.2) is 0 Å². The molecule has 1 atom stereocenters. The quantitative estimate of drug-likeness (QED) is 0.790. The number of hydrogen-bond donors (Lipinski definition) is 1. The van der Waals surface area contributed by atoms with Crippen LogP contribution < -0.4 is 0 Å². The van der Waals surface area contributed by atoms with Crippen molar-refractivity contribution >= 4 is 10.9 Å². The van der Waals surface area contributed by atoms with Crippen LogP contribution in [0.4, 0.5) is 0 Å². The van der Waals surface area contributed by atoms with Gasteiger partial charge in [-0.3, -0.25) is 4.98 Å². The molecule has 0 aliphatic heterocycles. The van der Waals surface area contributed by atoms with E-state index in [0.29, 0.717) is 0 Å². The molecule has 0 amide bonds. The number of para-hydroxylation sites is 1. The Bertz CT molecular complexity index is 746. The van der Waals surface area contributed by atoms with Gasteiger partial charge in [-0.05, 0) is 29.7 Å². The molecule has 0 saturated carbocycles. The van der Waals surface area contributed by atoms with Crippen molar-refractivity contribution in [3.63, 3.8) is 0 Å². The maximum atomic E-state index is 10.1. The van der Waals surface area contributed by atoms with Crippen LogP contribution in [-0.2, 0) is 6.54 Å². The summed E-state index contributed by atoms with van der Waals surface area (Å²) in [5.41, 5.74) is 3.00. The van der Waals surface area contributed by atoms with E-state index in [-0.39, 0.29) is 5.92 Å². The molecule has 21 heavy (non-hydrogen) atoms. The summed E-state index contributed by atoms with van der Waals surface area (Å²) in [6.45, 7) is 4.76. The van der Waals surface area contributed by atoms with E-state index in [1.54, 1.807) is 0 Å². The summed E-state index contributed by atoms with van der Waals surface area (Å²) in [6.07, 6.45) is 3.59. The second-order valence-corrected chi connectivity index (χ2v) is 5.80. The average Bonchev–Trinajstić information content (AvgIpc) is 2.94. The van der Waals surface area contributed by atoms with E-state index in [4.69, 9.17) is 0 Å². The number of rotatable bonds is 4. The van der Waals surface area contributed by atoms with E-state index in [9.17, 15) is 5.11 Å². The first-order valence-electron chi connectivity index (χ1n) is 7.32. The molecule has 0 saturated heterocycles. The third kappa shape index (κ3) is 2.98. The van der Waals surface area contributed by atoms with Crippen molar-refractivity contribution in [3.05, 3.63) is 66.1 Å².